The Labute approximate surface area is 104 Å². The van der Waals surface area contributed by atoms with E-state index < -0.39 is 5.97 Å². The largest absolute Gasteiger partial charge is 0.481 e. The standard InChI is InChI=1S/C11H20O2.C2H4O2/c1-3-5-6-7-8-9-10-13-11(12)4-2;1-2(3)4/h4H,2-3,5-10H2,1H3;1H3,(H,3,4). The first-order chi connectivity index (χ1) is 8.04. The molecule has 0 rings (SSSR count). The molecule has 0 aromatic heterocycles. The number of hydrogen-bond donors (Lipinski definition) is 1. The molecule has 0 aromatic rings. The minimum Gasteiger partial charge on any atom is -0.481 e. The fraction of sp³-hybridized carbons (Fsp3) is 0.692. The molecular weight excluding hydrogens is 220 g/mol. The van der Waals surface area contributed by atoms with Crippen molar-refractivity contribution in [2.24, 2.45) is 0 Å². The number of aliphatic carboxylic acids is 1. The predicted molar refractivity (Wildman–Crippen MR) is 67.8 cm³/mol. The first kappa shape index (κ1) is 18.1. The number of hydrogen-bond acceptors (Lipinski definition) is 3. The highest BCUT2D eigenvalue weighted by Crippen LogP contribution is 2.04. The molecule has 0 spiro atoms. The zero-order valence-electron chi connectivity index (χ0n) is 10.9. The zero-order valence-corrected chi connectivity index (χ0v) is 10.9. The van der Waals surface area contributed by atoms with Crippen LogP contribution in [0, 0.1) is 0 Å². The van der Waals surface area contributed by atoms with Gasteiger partial charge in [0, 0.05) is 13.0 Å². The van der Waals surface area contributed by atoms with E-state index in [2.05, 4.69) is 13.5 Å². The van der Waals surface area contributed by atoms with Crippen molar-refractivity contribution >= 4 is 11.9 Å². The summed E-state index contributed by atoms with van der Waals surface area (Å²) in [6.45, 7) is 7.15. The van der Waals surface area contributed by atoms with Crippen molar-refractivity contribution in [2.75, 3.05) is 6.61 Å². The van der Waals surface area contributed by atoms with Crippen LogP contribution in [0.5, 0.6) is 0 Å². The summed E-state index contributed by atoms with van der Waals surface area (Å²) in [7, 11) is 0. The highest BCUT2D eigenvalue weighted by atomic mass is 16.5. The Balaban J connectivity index is 0. The van der Waals surface area contributed by atoms with Gasteiger partial charge in [-0.1, -0.05) is 45.6 Å². The summed E-state index contributed by atoms with van der Waals surface area (Å²) >= 11 is 0. The van der Waals surface area contributed by atoms with Crippen molar-refractivity contribution in [1.82, 2.24) is 0 Å². The third-order valence-electron chi connectivity index (χ3n) is 1.91. The topological polar surface area (TPSA) is 63.6 Å². The average Bonchev–Trinajstić information content (AvgIpc) is 2.26. The molecule has 0 unspecified atom stereocenters. The van der Waals surface area contributed by atoms with Gasteiger partial charge < -0.3 is 9.84 Å². The lowest BCUT2D eigenvalue weighted by molar-refractivity contribution is -0.138. The first-order valence-electron chi connectivity index (χ1n) is 6.03. The molecule has 0 aliphatic rings. The molecule has 0 bridgehead atoms. The lowest BCUT2D eigenvalue weighted by Gasteiger charge is -2.01. The molecule has 100 valence electrons. The number of carboxylic acids is 1. The van der Waals surface area contributed by atoms with Crippen LogP contribution in [0.25, 0.3) is 0 Å². The van der Waals surface area contributed by atoms with Gasteiger partial charge in [0.2, 0.25) is 0 Å². The second-order valence-electron chi connectivity index (χ2n) is 3.66. The molecule has 0 amide bonds. The van der Waals surface area contributed by atoms with E-state index in [1.165, 1.54) is 31.8 Å². The van der Waals surface area contributed by atoms with Gasteiger partial charge in [-0.15, -0.1) is 0 Å². The van der Waals surface area contributed by atoms with Crippen LogP contribution in [-0.2, 0) is 14.3 Å². The Morgan fingerprint density at radius 1 is 1.18 bits per heavy atom. The SMILES string of the molecule is C=CC(=O)OCCCCCCCC.CC(=O)O. The summed E-state index contributed by atoms with van der Waals surface area (Å²) in [5.41, 5.74) is 0. The summed E-state index contributed by atoms with van der Waals surface area (Å²) in [6.07, 6.45) is 8.47. The Bertz CT molecular complexity index is 207. The Morgan fingerprint density at radius 3 is 2.12 bits per heavy atom. The van der Waals surface area contributed by atoms with Gasteiger partial charge in [-0.2, -0.15) is 0 Å². The molecule has 0 saturated heterocycles. The van der Waals surface area contributed by atoms with E-state index in [9.17, 15) is 4.79 Å². The number of carbonyl (C=O) groups is 2. The van der Waals surface area contributed by atoms with Crippen molar-refractivity contribution < 1.29 is 19.4 Å². The smallest absolute Gasteiger partial charge is 0.330 e. The van der Waals surface area contributed by atoms with Crippen molar-refractivity contribution in [3.8, 4) is 0 Å². The third-order valence-corrected chi connectivity index (χ3v) is 1.91. The molecule has 0 aromatic carbocycles. The summed E-state index contributed by atoms with van der Waals surface area (Å²) in [5, 5.41) is 7.42. The summed E-state index contributed by atoms with van der Waals surface area (Å²) in [4.78, 5) is 19.6. The molecule has 4 heteroatoms. The van der Waals surface area contributed by atoms with Crippen LogP contribution >= 0.6 is 0 Å². The number of unbranched alkanes of at least 4 members (excludes halogenated alkanes) is 5. The number of rotatable bonds is 8. The lowest BCUT2D eigenvalue weighted by atomic mass is 10.1. The van der Waals surface area contributed by atoms with Crippen molar-refractivity contribution in [3.63, 3.8) is 0 Å². The second kappa shape index (κ2) is 14.7. The summed E-state index contributed by atoms with van der Waals surface area (Å²) < 4.78 is 4.84. The van der Waals surface area contributed by atoms with Gasteiger partial charge in [-0.25, -0.2) is 4.79 Å². The molecule has 4 nitrogen and oxygen atoms in total. The lowest BCUT2D eigenvalue weighted by Crippen LogP contribution is -2.01. The monoisotopic (exact) mass is 244 g/mol. The third kappa shape index (κ3) is 25.2. The number of carboxylic acid groups (broad SMARTS) is 1. The number of ether oxygens (including phenoxy) is 1. The molecule has 0 heterocycles. The van der Waals surface area contributed by atoms with Crippen LogP contribution < -0.4 is 0 Å². The molecule has 0 fully saturated rings. The number of carbonyl (C=O) groups excluding carboxylic acids is 1. The van der Waals surface area contributed by atoms with Gasteiger partial charge in [0.25, 0.3) is 5.97 Å². The fourth-order valence-corrected chi connectivity index (χ4v) is 1.11. The quantitative estimate of drug-likeness (QED) is 0.404. The van der Waals surface area contributed by atoms with Crippen LogP contribution in [0.1, 0.15) is 52.4 Å². The molecule has 0 aliphatic carbocycles. The first-order valence-corrected chi connectivity index (χ1v) is 6.03. The maximum absolute atomic E-state index is 10.6. The van der Waals surface area contributed by atoms with Gasteiger partial charge in [-0.3, -0.25) is 4.79 Å². The van der Waals surface area contributed by atoms with Crippen LogP contribution in [0.3, 0.4) is 0 Å². The summed E-state index contributed by atoms with van der Waals surface area (Å²) in [6, 6.07) is 0. The van der Waals surface area contributed by atoms with Gasteiger partial charge in [-0.05, 0) is 6.42 Å². The Morgan fingerprint density at radius 2 is 1.65 bits per heavy atom. The minimum absolute atomic E-state index is 0.312. The molecule has 0 atom stereocenters. The van der Waals surface area contributed by atoms with Crippen LogP contribution in [0.2, 0.25) is 0 Å². The van der Waals surface area contributed by atoms with Crippen molar-refractivity contribution in [1.29, 1.82) is 0 Å². The maximum Gasteiger partial charge on any atom is 0.330 e. The van der Waals surface area contributed by atoms with E-state index in [4.69, 9.17) is 14.6 Å². The highest BCUT2D eigenvalue weighted by molar-refractivity contribution is 5.81. The van der Waals surface area contributed by atoms with Crippen LogP contribution in [-0.4, -0.2) is 23.7 Å². The molecule has 1 N–H and O–H groups in total. The van der Waals surface area contributed by atoms with E-state index in [1.54, 1.807) is 0 Å². The average molecular weight is 244 g/mol. The Hall–Kier alpha value is -1.32. The molecular formula is C13H24O4. The van der Waals surface area contributed by atoms with Crippen molar-refractivity contribution in [2.45, 2.75) is 52.4 Å². The zero-order chi connectivity index (χ0) is 13.5. The molecule has 0 radical (unpaired) electrons. The van der Waals surface area contributed by atoms with Gasteiger partial charge in [0.15, 0.2) is 0 Å². The van der Waals surface area contributed by atoms with E-state index in [0.717, 1.165) is 19.8 Å². The summed E-state index contributed by atoms with van der Waals surface area (Å²) in [5.74, 6) is -1.14. The predicted octanol–water partition coefficient (Wildman–Crippen LogP) is 3.17. The normalized spacial score (nSPS) is 8.82. The van der Waals surface area contributed by atoms with E-state index in [0.29, 0.717) is 6.61 Å². The van der Waals surface area contributed by atoms with E-state index in [1.807, 2.05) is 0 Å². The minimum atomic E-state index is -0.833. The molecule has 17 heavy (non-hydrogen) atoms. The van der Waals surface area contributed by atoms with Crippen LogP contribution in [0.4, 0.5) is 0 Å². The van der Waals surface area contributed by atoms with E-state index in [-0.39, 0.29) is 5.97 Å². The Kier molecular flexibility index (Phi) is 15.6. The maximum atomic E-state index is 10.6. The van der Waals surface area contributed by atoms with Gasteiger partial charge >= 0.3 is 5.97 Å². The van der Waals surface area contributed by atoms with Gasteiger partial charge in [0.1, 0.15) is 0 Å². The molecule has 0 aliphatic heterocycles. The molecule has 0 saturated carbocycles. The fourth-order valence-electron chi connectivity index (χ4n) is 1.11. The van der Waals surface area contributed by atoms with Crippen molar-refractivity contribution in [3.05, 3.63) is 12.7 Å². The number of esters is 1. The second-order valence-corrected chi connectivity index (χ2v) is 3.66. The van der Waals surface area contributed by atoms with Gasteiger partial charge in [0.05, 0.1) is 6.61 Å². The van der Waals surface area contributed by atoms with Crippen LogP contribution in [0.15, 0.2) is 12.7 Å². The van der Waals surface area contributed by atoms with E-state index >= 15 is 0 Å². The highest BCUT2D eigenvalue weighted by Gasteiger charge is 1.94.